The van der Waals surface area contributed by atoms with E-state index in [1.54, 1.807) is 44.4 Å². The third-order valence-corrected chi connectivity index (χ3v) is 8.16. The number of nitrogens with zero attached hydrogens (tertiary/aromatic N) is 1. The summed E-state index contributed by atoms with van der Waals surface area (Å²) in [6, 6.07) is 8.47. The van der Waals surface area contributed by atoms with E-state index < -0.39 is 23.7 Å². The van der Waals surface area contributed by atoms with Crippen LogP contribution in [0.15, 0.2) is 36.4 Å². The maximum atomic E-state index is 13.5. The number of esters is 1. The smallest absolute Gasteiger partial charge is 0.342 e. The summed E-state index contributed by atoms with van der Waals surface area (Å²) in [4.78, 5) is 41.1. The fourth-order valence-corrected chi connectivity index (χ4v) is 5.68. The van der Waals surface area contributed by atoms with Crippen molar-refractivity contribution in [3.05, 3.63) is 58.7 Å². The molecule has 10 nitrogen and oxygen atoms in total. The molecular formula is C34H44N2O8. The summed E-state index contributed by atoms with van der Waals surface area (Å²) in [6.45, 7) is 5.83. The number of carbonyl (C=O) groups excluding carboxylic acids is 3. The largest absolute Gasteiger partial charge is 0.507 e. The van der Waals surface area contributed by atoms with Crippen molar-refractivity contribution in [2.24, 2.45) is 0 Å². The zero-order valence-corrected chi connectivity index (χ0v) is 25.7. The molecule has 10 heteroatoms. The first-order chi connectivity index (χ1) is 21.3. The molecule has 0 radical (unpaired) electrons. The maximum absolute atomic E-state index is 13.5. The molecule has 1 fully saturated rings. The number of Topliss-reactive ketones (excluding diaryl/α,β-unsaturated/α-hetero) is 1. The number of fused-ring (bicyclic) bond motifs is 1. The van der Waals surface area contributed by atoms with Crippen LogP contribution in [0.5, 0.6) is 17.2 Å². The number of aromatic hydroxyl groups is 2. The molecular weight excluding hydrogens is 564 g/mol. The molecule has 0 aliphatic carbocycles. The quantitative estimate of drug-likeness (QED) is 0.369. The Hall–Kier alpha value is -3.89. The van der Waals surface area contributed by atoms with Gasteiger partial charge in [-0.3, -0.25) is 14.5 Å². The second kappa shape index (κ2) is 16.3. The first-order valence-electron chi connectivity index (χ1n) is 15.5. The van der Waals surface area contributed by atoms with Crippen LogP contribution < -0.4 is 10.1 Å². The average Bonchev–Trinajstić information content (AvgIpc) is 3.00. The number of amides is 1. The number of rotatable bonds is 8. The molecule has 44 heavy (non-hydrogen) atoms. The highest BCUT2D eigenvalue weighted by Gasteiger charge is 2.31. The third-order valence-electron chi connectivity index (χ3n) is 8.16. The molecule has 238 valence electrons. The molecule has 2 heterocycles. The summed E-state index contributed by atoms with van der Waals surface area (Å²) in [7, 11) is 1.55. The lowest BCUT2D eigenvalue weighted by molar-refractivity contribution is -0.121. The first kappa shape index (κ1) is 33.0. The topological polar surface area (TPSA) is 135 Å². The van der Waals surface area contributed by atoms with Gasteiger partial charge in [-0.25, -0.2) is 4.79 Å². The summed E-state index contributed by atoms with van der Waals surface area (Å²) in [5.41, 5.74) is 0.956. The number of phenols is 2. The Bertz CT molecular complexity index is 1320. The van der Waals surface area contributed by atoms with Crippen molar-refractivity contribution < 1.29 is 38.8 Å². The van der Waals surface area contributed by atoms with E-state index in [2.05, 4.69) is 10.2 Å². The number of hydrogen-bond donors (Lipinski definition) is 3. The van der Waals surface area contributed by atoms with Crippen LogP contribution in [0.3, 0.4) is 0 Å². The predicted molar refractivity (Wildman–Crippen MR) is 166 cm³/mol. The van der Waals surface area contributed by atoms with E-state index in [0.29, 0.717) is 81.7 Å². The number of nitrogens with one attached hydrogen (secondary N) is 1. The lowest BCUT2D eigenvalue weighted by Gasteiger charge is -2.27. The summed E-state index contributed by atoms with van der Waals surface area (Å²) in [5, 5.41) is 26.0. The molecule has 2 aromatic carbocycles. The van der Waals surface area contributed by atoms with Gasteiger partial charge in [0, 0.05) is 56.9 Å². The Morgan fingerprint density at radius 2 is 1.84 bits per heavy atom. The molecule has 2 aromatic rings. The molecule has 1 unspecified atom stereocenters. The summed E-state index contributed by atoms with van der Waals surface area (Å²) < 4.78 is 16.4. The molecule has 0 spiro atoms. The monoisotopic (exact) mass is 608 g/mol. The maximum Gasteiger partial charge on any atom is 0.342 e. The van der Waals surface area contributed by atoms with Crippen LogP contribution in [-0.4, -0.2) is 85.4 Å². The molecule has 4 rings (SSSR count). The number of benzene rings is 2. The minimum atomic E-state index is -0.775. The van der Waals surface area contributed by atoms with Crippen LogP contribution in [-0.2, 0) is 19.1 Å². The second-order valence-electron chi connectivity index (χ2n) is 11.4. The number of carbonyl (C=O) groups is 3. The van der Waals surface area contributed by atoms with E-state index in [1.165, 1.54) is 6.07 Å². The number of morpholine rings is 1. The number of cyclic esters (lactones) is 1. The number of methoxy groups -OCH3 is 1. The van der Waals surface area contributed by atoms with E-state index in [0.717, 1.165) is 13.1 Å². The Morgan fingerprint density at radius 1 is 1.11 bits per heavy atom. The van der Waals surface area contributed by atoms with Crippen molar-refractivity contribution in [2.45, 2.75) is 63.9 Å². The minimum Gasteiger partial charge on any atom is -0.507 e. The van der Waals surface area contributed by atoms with Crippen LogP contribution in [0, 0.1) is 0 Å². The fourth-order valence-electron chi connectivity index (χ4n) is 5.68. The normalized spacial score (nSPS) is 20.1. The van der Waals surface area contributed by atoms with Crippen molar-refractivity contribution in [1.82, 2.24) is 10.2 Å². The van der Waals surface area contributed by atoms with E-state index in [4.69, 9.17) is 14.2 Å². The Morgan fingerprint density at radius 3 is 2.57 bits per heavy atom. The molecule has 2 atom stereocenters. The van der Waals surface area contributed by atoms with Gasteiger partial charge in [0.05, 0.1) is 26.4 Å². The Balaban J connectivity index is 1.67. The Labute approximate surface area is 259 Å². The number of allylic oxidation sites excluding steroid dienone is 1. The molecule has 0 aromatic heterocycles. The van der Waals surface area contributed by atoms with E-state index in [9.17, 15) is 24.6 Å². The van der Waals surface area contributed by atoms with Crippen molar-refractivity contribution in [1.29, 1.82) is 0 Å². The summed E-state index contributed by atoms with van der Waals surface area (Å²) in [5.74, 6) is -1.64. The number of hydrogen-bond acceptors (Lipinski definition) is 9. The lowest BCUT2D eigenvalue weighted by atomic mass is 9.84. The second-order valence-corrected chi connectivity index (χ2v) is 11.4. The van der Waals surface area contributed by atoms with Gasteiger partial charge in [0.1, 0.15) is 28.6 Å². The van der Waals surface area contributed by atoms with Crippen LogP contribution in [0.1, 0.15) is 84.8 Å². The minimum absolute atomic E-state index is 0.0692. The van der Waals surface area contributed by atoms with E-state index in [-0.39, 0.29) is 35.0 Å². The van der Waals surface area contributed by atoms with Crippen LogP contribution in [0.25, 0.3) is 6.08 Å². The zero-order valence-electron chi connectivity index (χ0n) is 25.7. The fraction of sp³-hybridized carbons (Fsp3) is 0.500. The molecule has 1 saturated heterocycles. The summed E-state index contributed by atoms with van der Waals surface area (Å²) in [6.07, 6.45) is 6.18. The highest BCUT2D eigenvalue weighted by Crippen LogP contribution is 2.44. The SMILES string of the molecule is COc1ccc(C(CC(=O)NCCN2CCOCC2)c2c(O)cc3c(c2O)C(=O)O[C@@H](C)CCCC(=O)CCC/C=C/3)cc1. The number of ketones is 1. The van der Waals surface area contributed by atoms with Gasteiger partial charge < -0.3 is 29.7 Å². The van der Waals surface area contributed by atoms with Gasteiger partial charge in [-0.05, 0) is 61.9 Å². The van der Waals surface area contributed by atoms with Gasteiger partial charge in [-0.15, -0.1) is 0 Å². The van der Waals surface area contributed by atoms with Gasteiger partial charge >= 0.3 is 5.97 Å². The molecule has 3 N–H and O–H groups in total. The molecule has 1 amide bonds. The van der Waals surface area contributed by atoms with E-state index in [1.807, 2.05) is 6.08 Å². The van der Waals surface area contributed by atoms with Crippen molar-refractivity contribution in [3.8, 4) is 17.2 Å². The van der Waals surface area contributed by atoms with Crippen LogP contribution >= 0.6 is 0 Å². The predicted octanol–water partition coefficient (Wildman–Crippen LogP) is 4.56. The zero-order chi connectivity index (χ0) is 31.5. The van der Waals surface area contributed by atoms with Gasteiger partial charge in [0.2, 0.25) is 5.91 Å². The third kappa shape index (κ3) is 9.06. The molecule has 2 aliphatic heterocycles. The van der Waals surface area contributed by atoms with Gasteiger partial charge in [0.25, 0.3) is 0 Å². The van der Waals surface area contributed by atoms with Crippen molar-refractivity contribution >= 4 is 23.7 Å². The first-order valence-corrected chi connectivity index (χ1v) is 15.5. The van der Waals surface area contributed by atoms with Crippen LogP contribution in [0.2, 0.25) is 0 Å². The molecule has 0 saturated carbocycles. The van der Waals surface area contributed by atoms with E-state index >= 15 is 0 Å². The lowest BCUT2D eigenvalue weighted by Crippen LogP contribution is -2.41. The Kier molecular flexibility index (Phi) is 12.2. The summed E-state index contributed by atoms with van der Waals surface area (Å²) >= 11 is 0. The standard InChI is InChI=1S/C34H44N2O8/c1-23-7-6-10-26(37)9-5-3-4-8-25-21-29(38)32(33(40)31(25)34(41)44-23)28(24-11-13-27(42-2)14-12-24)22-30(39)35-15-16-36-17-19-43-20-18-36/h4,8,11-14,21,23,28,38,40H,3,5-7,9-10,15-20,22H2,1-2H3,(H,35,39)/b8-4+/t23-,28?/m0/s1. The van der Waals surface area contributed by atoms with Gasteiger partial charge in [-0.2, -0.15) is 0 Å². The molecule has 2 aliphatic rings. The highest BCUT2D eigenvalue weighted by molar-refractivity contribution is 5.98. The van der Waals surface area contributed by atoms with Gasteiger partial charge in [0.15, 0.2) is 0 Å². The average molecular weight is 609 g/mol. The highest BCUT2D eigenvalue weighted by atomic mass is 16.5. The van der Waals surface area contributed by atoms with Gasteiger partial charge in [-0.1, -0.05) is 24.3 Å². The van der Waals surface area contributed by atoms with Crippen LogP contribution in [0.4, 0.5) is 0 Å². The van der Waals surface area contributed by atoms with Crippen molar-refractivity contribution in [2.75, 3.05) is 46.5 Å². The number of ether oxygens (including phenoxy) is 3. The van der Waals surface area contributed by atoms with Crippen molar-refractivity contribution in [3.63, 3.8) is 0 Å². The number of phenolic OH excluding ortho intramolecular Hbond substituents is 2. The molecule has 0 bridgehead atoms.